The highest BCUT2D eigenvalue weighted by Crippen LogP contribution is 2.13. The van der Waals surface area contributed by atoms with Crippen molar-refractivity contribution in [3.63, 3.8) is 0 Å². The van der Waals surface area contributed by atoms with Crippen molar-refractivity contribution >= 4 is 11.8 Å². The predicted octanol–water partition coefficient (Wildman–Crippen LogP) is 2.00. The van der Waals surface area contributed by atoms with E-state index in [1.807, 2.05) is 0 Å². The van der Waals surface area contributed by atoms with E-state index in [2.05, 4.69) is 9.97 Å². The van der Waals surface area contributed by atoms with Crippen molar-refractivity contribution in [1.82, 2.24) is 24.3 Å². The van der Waals surface area contributed by atoms with Gasteiger partial charge in [-0.1, -0.05) is 0 Å². The average Bonchev–Trinajstić information content (AvgIpc) is 3.28. The molecule has 2 aromatic heterocycles. The van der Waals surface area contributed by atoms with Crippen LogP contribution < -0.4 is 0 Å². The number of nitrogens with zero attached hydrogens (tertiary/aromatic N) is 5. The van der Waals surface area contributed by atoms with Gasteiger partial charge in [-0.3, -0.25) is 14.2 Å². The summed E-state index contributed by atoms with van der Waals surface area (Å²) in [6, 6.07) is 9.00. The third-order valence-electron chi connectivity index (χ3n) is 4.71. The summed E-state index contributed by atoms with van der Waals surface area (Å²) in [5, 5.41) is 0. The zero-order valence-corrected chi connectivity index (χ0v) is 15.0. The molecule has 0 saturated carbocycles. The highest BCUT2D eigenvalue weighted by Gasteiger charge is 2.25. The molecule has 3 aromatic rings. The summed E-state index contributed by atoms with van der Waals surface area (Å²) in [7, 11) is 0. The summed E-state index contributed by atoms with van der Waals surface area (Å²) in [5.41, 5.74) is 0.947. The fraction of sp³-hybridized carbons (Fsp3) is 0.200. The van der Waals surface area contributed by atoms with E-state index in [9.17, 15) is 14.0 Å². The van der Waals surface area contributed by atoms with Crippen LogP contribution in [0.3, 0.4) is 0 Å². The monoisotopic (exact) mass is 379 g/mol. The average molecular weight is 379 g/mol. The van der Waals surface area contributed by atoms with Crippen LogP contribution in [0.15, 0.2) is 61.3 Å². The third-order valence-corrected chi connectivity index (χ3v) is 4.71. The van der Waals surface area contributed by atoms with E-state index in [0.717, 1.165) is 0 Å². The standard InChI is InChI=1S/C20H18FN5O2/c21-17-4-1-15(2-5-17)19(27)24-9-11-25(12-10-24)20(28)16-3-6-18(23-13-16)26-8-7-22-14-26/h1-8,13-14H,9-12H2. The lowest BCUT2D eigenvalue weighted by Crippen LogP contribution is -2.50. The molecule has 1 aromatic carbocycles. The normalized spacial score (nSPS) is 14.2. The molecule has 7 nitrogen and oxygen atoms in total. The van der Waals surface area contributed by atoms with Crippen LogP contribution in [0.25, 0.3) is 5.82 Å². The van der Waals surface area contributed by atoms with Gasteiger partial charge in [0.2, 0.25) is 0 Å². The minimum atomic E-state index is -0.375. The predicted molar refractivity (Wildman–Crippen MR) is 99.6 cm³/mol. The largest absolute Gasteiger partial charge is 0.335 e. The third kappa shape index (κ3) is 3.62. The van der Waals surface area contributed by atoms with Crippen molar-refractivity contribution < 1.29 is 14.0 Å². The molecule has 142 valence electrons. The molecular formula is C20H18FN5O2. The van der Waals surface area contributed by atoms with Gasteiger partial charge in [0.15, 0.2) is 0 Å². The van der Waals surface area contributed by atoms with Gasteiger partial charge in [-0.15, -0.1) is 0 Å². The maximum atomic E-state index is 13.0. The molecule has 0 atom stereocenters. The van der Waals surface area contributed by atoms with Crippen molar-refractivity contribution in [3.05, 3.63) is 78.3 Å². The van der Waals surface area contributed by atoms with Crippen LogP contribution in [0.2, 0.25) is 0 Å². The van der Waals surface area contributed by atoms with Gasteiger partial charge in [0.1, 0.15) is 18.0 Å². The molecule has 3 heterocycles. The number of amides is 2. The van der Waals surface area contributed by atoms with Crippen LogP contribution in [0.4, 0.5) is 4.39 Å². The van der Waals surface area contributed by atoms with Gasteiger partial charge in [-0.05, 0) is 36.4 Å². The number of carbonyl (C=O) groups is 2. The maximum absolute atomic E-state index is 13.0. The number of pyridine rings is 1. The number of hydrogen-bond acceptors (Lipinski definition) is 4. The first kappa shape index (κ1) is 17.8. The fourth-order valence-corrected chi connectivity index (χ4v) is 3.13. The Bertz CT molecular complexity index is 963. The van der Waals surface area contributed by atoms with Crippen LogP contribution in [-0.2, 0) is 0 Å². The zero-order valence-electron chi connectivity index (χ0n) is 15.0. The first-order valence-electron chi connectivity index (χ1n) is 8.90. The summed E-state index contributed by atoms with van der Waals surface area (Å²) < 4.78 is 14.8. The lowest BCUT2D eigenvalue weighted by atomic mass is 10.1. The van der Waals surface area contributed by atoms with E-state index in [4.69, 9.17) is 0 Å². The second-order valence-corrected chi connectivity index (χ2v) is 6.47. The fourth-order valence-electron chi connectivity index (χ4n) is 3.13. The van der Waals surface area contributed by atoms with E-state index in [1.165, 1.54) is 24.3 Å². The number of rotatable bonds is 3. The lowest BCUT2D eigenvalue weighted by molar-refractivity contribution is 0.0535. The Kier molecular flexibility index (Phi) is 4.84. The van der Waals surface area contributed by atoms with E-state index in [0.29, 0.717) is 43.1 Å². The molecule has 0 radical (unpaired) electrons. The van der Waals surface area contributed by atoms with Gasteiger partial charge in [-0.25, -0.2) is 14.4 Å². The van der Waals surface area contributed by atoms with Crippen LogP contribution in [0.5, 0.6) is 0 Å². The summed E-state index contributed by atoms with van der Waals surface area (Å²) in [6.07, 6.45) is 6.63. The van der Waals surface area contributed by atoms with Crippen molar-refractivity contribution in [2.75, 3.05) is 26.2 Å². The molecule has 1 aliphatic rings. The first-order chi connectivity index (χ1) is 13.6. The van der Waals surface area contributed by atoms with Crippen molar-refractivity contribution in [3.8, 4) is 5.82 Å². The van der Waals surface area contributed by atoms with Gasteiger partial charge in [0.25, 0.3) is 11.8 Å². The van der Waals surface area contributed by atoms with Gasteiger partial charge in [-0.2, -0.15) is 0 Å². The second kappa shape index (κ2) is 7.59. The summed E-state index contributed by atoms with van der Waals surface area (Å²) in [4.78, 5) is 36.9. The van der Waals surface area contributed by atoms with Gasteiger partial charge in [0.05, 0.1) is 5.56 Å². The quantitative estimate of drug-likeness (QED) is 0.698. The number of halogens is 1. The molecule has 1 saturated heterocycles. The van der Waals surface area contributed by atoms with Crippen LogP contribution in [0.1, 0.15) is 20.7 Å². The Hall–Kier alpha value is -3.55. The van der Waals surface area contributed by atoms with Crippen LogP contribution in [-0.4, -0.2) is 62.3 Å². The van der Waals surface area contributed by atoms with Gasteiger partial charge >= 0.3 is 0 Å². The minimum absolute atomic E-state index is 0.112. The molecule has 0 aliphatic carbocycles. The Morgan fingerprint density at radius 1 is 0.857 bits per heavy atom. The zero-order chi connectivity index (χ0) is 19.5. The topological polar surface area (TPSA) is 71.3 Å². The first-order valence-corrected chi connectivity index (χ1v) is 8.90. The van der Waals surface area contributed by atoms with E-state index in [-0.39, 0.29) is 17.6 Å². The SMILES string of the molecule is O=C(c1ccc(F)cc1)N1CCN(C(=O)c2ccc(-n3ccnc3)nc2)CC1. The minimum Gasteiger partial charge on any atom is -0.335 e. The van der Waals surface area contributed by atoms with Crippen LogP contribution in [0, 0.1) is 5.82 Å². The highest BCUT2D eigenvalue weighted by atomic mass is 19.1. The molecule has 8 heteroatoms. The molecule has 0 unspecified atom stereocenters. The number of hydrogen-bond donors (Lipinski definition) is 0. The summed E-state index contributed by atoms with van der Waals surface area (Å²) >= 11 is 0. The van der Waals surface area contributed by atoms with Gasteiger partial charge < -0.3 is 9.80 Å². The Balaban J connectivity index is 1.37. The molecule has 28 heavy (non-hydrogen) atoms. The van der Waals surface area contributed by atoms with E-state index < -0.39 is 0 Å². The maximum Gasteiger partial charge on any atom is 0.255 e. The number of imidazole rings is 1. The number of carbonyl (C=O) groups excluding carboxylic acids is 2. The van der Waals surface area contributed by atoms with E-state index >= 15 is 0 Å². The van der Waals surface area contributed by atoms with Crippen molar-refractivity contribution in [2.45, 2.75) is 0 Å². The Morgan fingerprint density at radius 2 is 1.46 bits per heavy atom. The molecule has 1 fully saturated rings. The molecule has 0 N–H and O–H groups in total. The molecule has 0 bridgehead atoms. The molecule has 1 aliphatic heterocycles. The lowest BCUT2D eigenvalue weighted by Gasteiger charge is -2.34. The van der Waals surface area contributed by atoms with Gasteiger partial charge in [0, 0.05) is 50.3 Å². The summed E-state index contributed by atoms with van der Waals surface area (Å²) in [5.74, 6) is 0.0420. The molecule has 2 amide bonds. The molecule has 4 rings (SSSR count). The number of piperazine rings is 1. The van der Waals surface area contributed by atoms with E-state index in [1.54, 1.807) is 51.4 Å². The Labute approximate surface area is 161 Å². The summed E-state index contributed by atoms with van der Waals surface area (Å²) in [6.45, 7) is 1.75. The number of aromatic nitrogens is 3. The van der Waals surface area contributed by atoms with Crippen molar-refractivity contribution in [1.29, 1.82) is 0 Å². The molecular weight excluding hydrogens is 361 g/mol. The Morgan fingerprint density at radius 3 is 2.00 bits per heavy atom. The second-order valence-electron chi connectivity index (χ2n) is 6.47. The smallest absolute Gasteiger partial charge is 0.255 e. The van der Waals surface area contributed by atoms with Crippen molar-refractivity contribution in [2.24, 2.45) is 0 Å². The van der Waals surface area contributed by atoms with Crippen LogP contribution >= 0.6 is 0 Å². The highest BCUT2D eigenvalue weighted by molar-refractivity contribution is 5.95. The number of benzene rings is 1. The molecule has 0 spiro atoms.